The zero-order chi connectivity index (χ0) is 22.6. The monoisotopic (exact) mass is 462 g/mol. The molecule has 0 spiro atoms. The Hall–Kier alpha value is -2.43. The number of sulfonamides is 1. The molecule has 0 saturated heterocycles. The van der Waals surface area contributed by atoms with Gasteiger partial charge in [-0.1, -0.05) is 25.6 Å². The lowest BCUT2D eigenvalue weighted by atomic mass is 10.1. The number of thioether (sulfide) groups is 1. The lowest BCUT2D eigenvalue weighted by molar-refractivity contribution is 0.101. The molecule has 0 atom stereocenters. The van der Waals surface area contributed by atoms with Gasteiger partial charge in [-0.2, -0.15) is 4.31 Å². The summed E-state index contributed by atoms with van der Waals surface area (Å²) in [6.45, 7) is 8.35. The highest BCUT2D eigenvalue weighted by atomic mass is 32.2. The number of hydrogen-bond donors (Lipinski definition) is 0. The maximum absolute atomic E-state index is 12.9. The average Bonchev–Trinajstić information content (AvgIpc) is 3.16. The van der Waals surface area contributed by atoms with E-state index in [4.69, 9.17) is 4.74 Å². The van der Waals surface area contributed by atoms with Crippen molar-refractivity contribution in [3.8, 4) is 5.75 Å². The number of ketones is 1. The maximum atomic E-state index is 12.9. The van der Waals surface area contributed by atoms with Crippen LogP contribution in [0.2, 0.25) is 0 Å². The molecule has 0 aliphatic carbocycles. The molecule has 0 aliphatic rings. The fourth-order valence-electron chi connectivity index (χ4n) is 3.16. The van der Waals surface area contributed by atoms with E-state index >= 15 is 0 Å². The highest BCUT2D eigenvalue weighted by Gasteiger charge is 2.23. The molecule has 0 saturated carbocycles. The number of pyridine rings is 1. The summed E-state index contributed by atoms with van der Waals surface area (Å²) in [5.41, 5.74) is 2.03. The number of aromatic nitrogens is 3. The number of benzene rings is 1. The smallest absolute Gasteiger partial charge is 0.244 e. The quantitative estimate of drug-likeness (QED) is 0.335. The number of carbonyl (C=O) groups excluding carboxylic acids is 1. The molecule has 0 N–H and O–H groups in total. The first-order chi connectivity index (χ1) is 14.8. The molecule has 0 fully saturated rings. The molecule has 0 bridgehead atoms. The molecule has 3 rings (SSSR count). The van der Waals surface area contributed by atoms with Gasteiger partial charge in [-0.15, -0.1) is 10.2 Å². The number of nitrogens with zero attached hydrogens (tertiary/aromatic N) is 4. The van der Waals surface area contributed by atoms with E-state index in [1.807, 2.05) is 26.8 Å². The SMILES string of the molecule is CCOc1ccc(C(C)=O)cc1CSc1nnc2ccc(S(=O)(=O)N(CC)CC)cn12. The molecule has 2 aromatic heterocycles. The van der Waals surface area contributed by atoms with Crippen LogP contribution in [0.3, 0.4) is 0 Å². The molecule has 0 aliphatic heterocycles. The van der Waals surface area contributed by atoms with Gasteiger partial charge in [0.05, 0.1) is 11.5 Å². The van der Waals surface area contributed by atoms with Gasteiger partial charge < -0.3 is 4.74 Å². The largest absolute Gasteiger partial charge is 0.494 e. The molecule has 8 nitrogen and oxygen atoms in total. The van der Waals surface area contributed by atoms with Gasteiger partial charge in [0.2, 0.25) is 10.0 Å². The van der Waals surface area contributed by atoms with E-state index in [9.17, 15) is 13.2 Å². The molecular weight excluding hydrogens is 436 g/mol. The Balaban J connectivity index is 1.93. The summed E-state index contributed by atoms with van der Waals surface area (Å²) in [5.74, 6) is 1.18. The zero-order valence-electron chi connectivity index (χ0n) is 18.0. The number of rotatable bonds is 10. The van der Waals surface area contributed by atoms with Gasteiger partial charge in [0.25, 0.3) is 0 Å². The minimum absolute atomic E-state index is 0.0199. The summed E-state index contributed by atoms with van der Waals surface area (Å²) in [6, 6.07) is 8.57. The molecule has 3 aromatic rings. The van der Waals surface area contributed by atoms with Crippen molar-refractivity contribution in [1.29, 1.82) is 0 Å². The van der Waals surface area contributed by atoms with Crippen molar-refractivity contribution < 1.29 is 17.9 Å². The molecule has 0 radical (unpaired) electrons. The van der Waals surface area contributed by atoms with Crippen LogP contribution in [-0.2, 0) is 15.8 Å². The lowest BCUT2D eigenvalue weighted by Crippen LogP contribution is -2.30. The molecular formula is C21H26N4O4S2. The van der Waals surface area contributed by atoms with Gasteiger partial charge in [0, 0.05) is 36.2 Å². The number of fused-ring (bicyclic) bond motifs is 1. The summed E-state index contributed by atoms with van der Waals surface area (Å²) in [5, 5.41) is 8.91. The normalized spacial score (nSPS) is 11.9. The van der Waals surface area contributed by atoms with E-state index in [2.05, 4.69) is 10.2 Å². The summed E-state index contributed by atoms with van der Waals surface area (Å²) in [4.78, 5) is 12.0. The van der Waals surface area contributed by atoms with Crippen molar-refractivity contribution >= 4 is 33.2 Å². The maximum Gasteiger partial charge on any atom is 0.244 e. The average molecular weight is 463 g/mol. The van der Waals surface area contributed by atoms with Crippen molar-refractivity contribution in [3.63, 3.8) is 0 Å². The van der Waals surface area contributed by atoms with Crippen molar-refractivity contribution in [1.82, 2.24) is 18.9 Å². The van der Waals surface area contributed by atoms with E-state index in [0.717, 1.165) is 5.56 Å². The standard InChI is InChI=1S/C21H26N4O4S2/c1-5-24(6-2)31(27,28)18-9-11-20-22-23-21(25(20)13-18)30-14-17-12-16(15(4)26)8-10-19(17)29-7-3/h8-13H,5-7,14H2,1-4H3. The van der Waals surface area contributed by atoms with Crippen LogP contribution in [0.1, 0.15) is 43.6 Å². The van der Waals surface area contributed by atoms with E-state index in [0.29, 0.717) is 47.6 Å². The van der Waals surface area contributed by atoms with Crippen LogP contribution in [-0.4, -0.2) is 52.8 Å². The van der Waals surface area contributed by atoms with Gasteiger partial charge in [0.15, 0.2) is 16.6 Å². The van der Waals surface area contributed by atoms with E-state index < -0.39 is 10.0 Å². The Morgan fingerprint density at radius 1 is 1.13 bits per heavy atom. The highest BCUT2D eigenvalue weighted by Crippen LogP contribution is 2.29. The molecule has 2 heterocycles. The predicted octanol–water partition coefficient (Wildman–Crippen LogP) is 3.65. The van der Waals surface area contributed by atoms with Crippen molar-refractivity contribution in [3.05, 3.63) is 47.7 Å². The Bertz CT molecular complexity index is 1190. The van der Waals surface area contributed by atoms with Gasteiger partial charge >= 0.3 is 0 Å². The third-order valence-electron chi connectivity index (χ3n) is 4.81. The Labute approximate surface area is 186 Å². The fraction of sp³-hybridized carbons (Fsp3) is 0.381. The van der Waals surface area contributed by atoms with Gasteiger partial charge in [0.1, 0.15) is 5.75 Å². The van der Waals surface area contributed by atoms with Gasteiger partial charge in [-0.3, -0.25) is 9.20 Å². The second kappa shape index (κ2) is 9.80. The molecule has 10 heteroatoms. The molecule has 0 unspecified atom stereocenters. The first-order valence-corrected chi connectivity index (χ1v) is 12.5. The van der Waals surface area contributed by atoms with E-state index in [-0.39, 0.29) is 10.7 Å². The van der Waals surface area contributed by atoms with Crippen LogP contribution >= 0.6 is 11.8 Å². The second-order valence-electron chi connectivity index (χ2n) is 6.77. The van der Waals surface area contributed by atoms with Gasteiger partial charge in [-0.05, 0) is 44.2 Å². The summed E-state index contributed by atoms with van der Waals surface area (Å²) in [6.07, 6.45) is 1.56. The molecule has 0 amide bonds. The van der Waals surface area contributed by atoms with Crippen molar-refractivity contribution in [2.75, 3.05) is 19.7 Å². The van der Waals surface area contributed by atoms with Crippen LogP contribution < -0.4 is 4.74 Å². The first-order valence-electron chi connectivity index (χ1n) is 10.1. The van der Waals surface area contributed by atoms with Crippen molar-refractivity contribution in [2.24, 2.45) is 0 Å². The minimum atomic E-state index is -3.59. The Morgan fingerprint density at radius 2 is 1.87 bits per heavy atom. The summed E-state index contributed by atoms with van der Waals surface area (Å²) in [7, 11) is -3.59. The zero-order valence-corrected chi connectivity index (χ0v) is 19.7. The Kier molecular flexibility index (Phi) is 7.34. The van der Waals surface area contributed by atoms with E-state index in [1.54, 1.807) is 34.9 Å². The molecule has 31 heavy (non-hydrogen) atoms. The third kappa shape index (κ3) is 4.91. The topological polar surface area (TPSA) is 93.9 Å². The molecule has 1 aromatic carbocycles. The summed E-state index contributed by atoms with van der Waals surface area (Å²) >= 11 is 1.40. The minimum Gasteiger partial charge on any atom is -0.494 e. The summed E-state index contributed by atoms with van der Waals surface area (Å²) < 4.78 is 34.5. The number of hydrogen-bond acceptors (Lipinski definition) is 7. The highest BCUT2D eigenvalue weighted by molar-refractivity contribution is 7.98. The van der Waals surface area contributed by atoms with Crippen LogP contribution in [0.5, 0.6) is 5.75 Å². The molecule has 166 valence electrons. The number of carbonyl (C=O) groups is 1. The van der Waals surface area contributed by atoms with Gasteiger partial charge in [-0.25, -0.2) is 8.42 Å². The number of Topliss-reactive ketones (excluding diaryl/α,β-unsaturated/α-hetero) is 1. The van der Waals surface area contributed by atoms with Crippen LogP contribution in [0, 0.1) is 0 Å². The Morgan fingerprint density at radius 3 is 2.52 bits per heavy atom. The lowest BCUT2D eigenvalue weighted by Gasteiger charge is -2.18. The van der Waals surface area contributed by atoms with Crippen LogP contribution in [0.4, 0.5) is 0 Å². The first kappa shape index (κ1) is 23.2. The van der Waals surface area contributed by atoms with E-state index in [1.165, 1.54) is 23.0 Å². The van der Waals surface area contributed by atoms with Crippen LogP contribution in [0.25, 0.3) is 5.65 Å². The third-order valence-corrected chi connectivity index (χ3v) is 7.84. The predicted molar refractivity (Wildman–Crippen MR) is 120 cm³/mol. The number of ether oxygens (including phenoxy) is 1. The van der Waals surface area contributed by atoms with Crippen molar-refractivity contribution in [2.45, 2.75) is 43.5 Å². The fourth-order valence-corrected chi connectivity index (χ4v) is 5.51. The van der Waals surface area contributed by atoms with Crippen LogP contribution in [0.15, 0.2) is 46.6 Å². The second-order valence-corrected chi connectivity index (χ2v) is 9.65.